The lowest BCUT2D eigenvalue weighted by Crippen LogP contribution is -2.39. The van der Waals surface area contributed by atoms with E-state index < -0.39 is 0 Å². The summed E-state index contributed by atoms with van der Waals surface area (Å²) in [5.41, 5.74) is 1.61. The molecule has 0 saturated carbocycles. The number of nitrogens with one attached hydrogen (secondary N) is 1. The Morgan fingerprint density at radius 1 is 1.48 bits per heavy atom. The summed E-state index contributed by atoms with van der Waals surface area (Å²) in [5.74, 6) is -0.298. The molecule has 1 amide bonds. The predicted molar refractivity (Wildman–Crippen MR) is 81.8 cm³/mol. The lowest BCUT2D eigenvalue weighted by Gasteiger charge is -2.18. The van der Waals surface area contributed by atoms with Crippen molar-refractivity contribution in [2.75, 3.05) is 6.61 Å². The molecule has 1 aromatic rings. The quantitative estimate of drug-likeness (QED) is 0.920. The zero-order chi connectivity index (χ0) is 15.6. The van der Waals surface area contributed by atoms with Crippen LogP contribution in [0.2, 0.25) is 0 Å². The Hall–Kier alpha value is -1.62. The highest BCUT2D eigenvalue weighted by Crippen LogP contribution is 2.15. The van der Waals surface area contributed by atoms with E-state index in [2.05, 4.69) is 5.32 Å². The zero-order valence-corrected chi connectivity index (χ0v) is 13.2. The molecule has 1 atom stereocenters. The van der Waals surface area contributed by atoms with Gasteiger partial charge >= 0.3 is 0 Å². The Kier molecular flexibility index (Phi) is 4.83. The van der Waals surface area contributed by atoms with Crippen LogP contribution in [0.3, 0.4) is 0 Å². The molecule has 1 aromatic heterocycles. The Morgan fingerprint density at radius 2 is 2.19 bits per heavy atom. The van der Waals surface area contributed by atoms with Crippen molar-refractivity contribution in [1.82, 2.24) is 9.88 Å². The molecular weight excluding hydrogens is 268 g/mol. The average Bonchev–Trinajstić information content (AvgIpc) is 2.86. The minimum atomic E-state index is -0.298. The van der Waals surface area contributed by atoms with Gasteiger partial charge in [-0.25, -0.2) is 0 Å². The lowest BCUT2D eigenvalue weighted by atomic mass is 10.1. The topological polar surface area (TPSA) is 60.3 Å². The summed E-state index contributed by atoms with van der Waals surface area (Å²) in [5, 5.41) is 2.80. The number of hydrogen-bond donors (Lipinski definition) is 1. The van der Waals surface area contributed by atoms with Crippen molar-refractivity contribution in [1.29, 1.82) is 0 Å². The van der Waals surface area contributed by atoms with Gasteiger partial charge in [0, 0.05) is 18.3 Å². The normalized spacial score (nSPS) is 18.2. The van der Waals surface area contributed by atoms with Crippen molar-refractivity contribution in [3.63, 3.8) is 0 Å². The van der Waals surface area contributed by atoms with Crippen LogP contribution in [0.15, 0.2) is 10.9 Å². The molecule has 1 N–H and O–H groups in total. The van der Waals surface area contributed by atoms with Gasteiger partial charge in [0.05, 0.1) is 12.6 Å². The van der Waals surface area contributed by atoms with Gasteiger partial charge in [-0.15, -0.1) is 0 Å². The number of carbonyl (C=O) groups is 1. The van der Waals surface area contributed by atoms with Gasteiger partial charge < -0.3 is 14.6 Å². The molecule has 116 valence electrons. The summed E-state index contributed by atoms with van der Waals surface area (Å²) < 4.78 is 7.27. The molecule has 1 aliphatic heterocycles. The molecular formula is C16H24N2O3. The second kappa shape index (κ2) is 6.43. The average molecular weight is 292 g/mol. The van der Waals surface area contributed by atoms with E-state index in [0.29, 0.717) is 6.54 Å². The minimum absolute atomic E-state index is 0.00391. The van der Waals surface area contributed by atoms with Crippen molar-refractivity contribution < 1.29 is 9.53 Å². The fourth-order valence-electron chi connectivity index (χ4n) is 2.76. The first kappa shape index (κ1) is 15.8. The summed E-state index contributed by atoms with van der Waals surface area (Å²) in [4.78, 5) is 24.9. The van der Waals surface area contributed by atoms with Crippen LogP contribution < -0.4 is 10.9 Å². The fourth-order valence-corrected chi connectivity index (χ4v) is 2.76. The van der Waals surface area contributed by atoms with E-state index in [-0.39, 0.29) is 29.2 Å². The van der Waals surface area contributed by atoms with Crippen molar-refractivity contribution in [3.8, 4) is 0 Å². The molecule has 1 fully saturated rings. The standard InChI is InChI=1S/C16H24N2O3/c1-10(2)17-15(19)14-11(3)8-12(4)18(16(14)20)9-13-6-5-7-21-13/h8,10,13H,5-7,9H2,1-4H3,(H,17,19)/t13-/m1/s1. The van der Waals surface area contributed by atoms with Gasteiger partial charge in [-0.1, -0.05) is 0 Å². The van der Waals surface area contributed by atoms with Gasteiger partial charge in [0.25, 0.3) is 11.5 Å². The largest absolute Gasteiger partial charge is 0.376 e. The number of amides is 1. The van der Waals surface area contributed by atoms with Crippen LogP contribution >= 0.6 is 0 Å². The van der Waals surface area contributed by atoms with Crippen LogP contribution in [-0.2, 0) is 11.3 Å². The van der Waals surface area contributed by atoms with Crippen molar-refractivity contribution in [3.05, 3.63) is 33.2 Å². The fraction of sp³-hybridized carbons (Fsp3) is 0.625. The van der Waals surface area contributed by atoms with Gasteiger partial charge in [-0.05, 0) is 52.2 Å². The van der Waals surface area contributed by atoms with Crippen LogP contribution in [0.1, 0.15) is 48.3 Å². The molecule has 5 nitrogen and oxygen atoms in total. The van der Waals surface area contributed by atoms with E-state index in [9.17, 15) is 9.59 Å². The molecule has 0 unspecified atom stereocenters. The Balaban J connectivity index is 2.37. The van der Waals surface area contributed by atoms with Crippen molar-refractivity contribution in [2.45, 2.75) is 59.2 Å². The molecule has 0 aliphatic carbocycles. The highest BCUT2D eigenvalue weighted by atomic mass is 16.5. The molecule has 2 heterocycles. The Morgan fingerprint density at radius 3 is 2.76 bits per heavy atom. The molecule has 0 bridgehead atoms. The van der Waals surface area contributed by atoms with Gasteiger partial charge in [-0.2, -0.15) is 0 Å². The van der Waals surface area contributed by atoms with E-state index in [1.165, 1.54) is 0 Å². The van der Waals surface area contributed by atoms with E-state index in [1.54, 1.807) is 11.5 Å². The highest BCUT2D eigenvalue weighted by Gasteiger charge is 2.22. The summed E-state index contributed by atoms with van der Waals surface area (Å²) in [7, 11) is 0. The van der Waals surface area contributed by atoms with Crippen molar-refractivity contribution in [2.24, 2.45) is 0 Å². The SMILES string of the molecule is Cc1cc(C)n(C[C@H]2CCCO2)c(=O)c1C(=O)NC(C)C. The van der Waals surface area contributed by atoms with E-state index in [1.807, 2.05) is 26.8 Å². The maximum atomic E-state index is 12.7. The number of aromatic nitrogens is 1. The molecule has 2 rings (SSSR count). The van der Waals surface area contributed by atoms with Gasteiger partial charge in [0.15, 0.2) is 0 Å². The highest BCUT2D eigenvalue weighted by molar-refractivity contribution is 5.95. The number of nitrogens with zero attached hydrogens (tertiary/aromatic N) is 1. The Labute approximate surface area is 125 Å². The number of ether oxygens (including phenoxy) is 1. The third-order valence-electron chi connectivity index (χ3n) is 3.76. The van der Waals surface area contributed by atoms with Crippen LogP contribution in [0.5, 0.6) is 0 Å². The zero-order valence-electron chi connectivity index (χ0n) is 13.2. The monoisotopic (exact) mass is 292 g/mol. The summed E-state index contributed by atoms with van der Waals surface area (Å²) in [6, 6.07) is 1.90. The molecule has 0 aromatic carbocycles. The second-order valence-electron chi connectivity index (χ2n) is 6.02. The van der Waals surface area contributed by atoms with Crippen LogP contribution in [0.4, 0.5) is 0 Å². The molecule has 0 radical (unpaired) electrons. The number of carbonyl (C=O) groups excluding carboxylic acids is 1. The second-order valence-corrected chi connectivity index (χ2v) is 6.02. The molecule has 1 saturated heterocycles. The van der Waals surface area contributed by atoms with Gasteiger partial charge in [-0.3, -0.25) is 9.59 Å². The molecule has 1 aliphatic rings. The third kappa shape index (κ3) is 3.53. The Bertz CT molecular complexity index is 584. The number of rotatable bonds is 4. The minimum Gasteiger partial charge on any atom is -0.376 e. The summed E-state index contributed by atoms with van der Waals surface area (Å²) in [6.45, 7) is 8.74. The molecule has 21 heavy (non-hydrogen) atoms. The predicted octanol–water partition coefficient (Wildman–Crippen LogP) is 1.78. The molecule has 5 heteroatoms. The van der Waals surface area contributed by atoms with E-state index >= 15 is 0 Å². The van der Waals surface area contributed by atoms with Gasteiger partial charge in [0.1, 0.15) is 5.56 Å². The molecule has 0 spiro atoms. The third-order valence-corrected chi connectivity index (χ3v) is 3.76. The first-order chi connectivity index (χ1) is 9.90. The van der Waals surface area contributed by atoms with E-state index in [4.69, 9.17) is 4.74 Å². The smallest absolute Gasteiger partial charge is 0.263 e. The van der Waals surface area contributed by atoms with Gasteiger partial charge in [0.2, 0.25) is 0 Å². The summed E-state index contributed by atoms with van der Waals surface area (Å²) in [6.07, 6.45) is 2.07. The summed E-state index contributed by atoms with van der Waals surface area (Å²) >= 11 is 0. The van der Waals surface area contributed by atoms with Crippen LogP contribution in [0, 0.1) is 13.8 Å². The van der Waals surface area contributed by atoms with Crippen molar-refractivity contribution >= 4 is 5.91 Å². The number of pyridine rings is 1. The van der Waals surface area contributed by atoms with Crippen LogP contribution in [0.25, 0.3) is 0 Å². The first-order valence-corrected chi connectivity index (χ1v) is 7.53. The maximum Gasteiger partial charge on any atom is 0.263 e. The maximum absolute atomic E-state index is 12.7. The van der Waals surface area contributed by atoms with E-state index in [0.717, 1.165) is 30.7 Å². The van der Waals surface area contributed by atoms with Crippen LogP contribution in [-0.4, -0.2) is 29.2 Å². The lowest BCUT2D eigenvalue weighted by molar-refractivity contribution is 0.0921. The number of aryl methyl sites for hydroxylation is 2. The first-order valence-electron chi connectivity index (χ1n) is 7.53. The number of hydrogen-bond acceptors (Lipinski definition) is 3.